The maximum atomic E-state index is 12.2. The molecule has 1 unspecified atom stereocenters. The van der Waals surface area contributed by atoms with Crippen molar-refractivity contribution in [2.75, 3.05) is 31.4 Å². The van der Waals surface area contributed by atoms with E-state index in [0.717, 1.165) is 5.00 Å². The molecule has 0 aliphatic rings. The summed E-state index contributed by atoms with van der Waals surface area (Å²) in [5.41, 5.74) is 6.26. The summed E-state index contributed by atoms with van der Waals surface area (Å²) in [6, 6.07) is 0.191. The van der Waals surface area contributed by atoms with Gasteiger partial charge in [0.15, 0.2) is 5.82 Å². The van der Waals surface area contributed by atoms with Crippen LogP contribution in [0.3, 0.4) is 0 Å². The van der Waals surface area contributed by atoms with Crippen LogP contribution in [-0.4, -0.2) is 43.1 Å². The molecule has 0 radical (unpaired) electrons. The number of nitrogens with two attached hydrogens (primary N) is 1. The standard InChI is InChI=1S/C12H22N4O2S/c1-7(2)14-11(17)9-10(13)15-19-12(9)16(4)8(3)6-18-5/h7-8H,6H2,1-5H3,(H2,13,15)(H,14,17). The second kappa shape index (κ2) is 6.72. The van der Waals surface area contributed by atoms with E-state index in [2.05, 4.69) is 9.69 Å². The number of anilines is 2. The third-order valence-corrected chi connectivity index (χ3v) is 3.69. The van der Waals surface area contributed by atoms with Crippen molar-refractivity contribution in [1.82, 2.24) is 9.69 Å². The molecule has 0 aromatic carbocycles. The van der Waals surface area contributed by atoms with E-state index < -0.39 is 0 Å². The predicted molar refractivity (Wildman–Crippen MR) is 78.9 cm³/mol. The number of carbonyl (C=O) groups excluding carboxylic acids is 1. The van der Waals surface area contributed by atoms with Gasteiger partial charge in [0.05, 0.1) is 12.6 Å². The van der Waals surface area contributed by atoms with Gasteiger partial charge in [0, 0.05) is 20.2 Å². The van der Waals surface area contributed by atoms with Crippen LogP contribution in [0, 0.1) is 0 Å². The average molecular weight is 286 g/mol. The molecule has 0 fully saturated rings. The number of nitrogen functional groups attached to an aromatic ring is 1. The number of rotatable bonds is 6. The molecule has 0 aliphatic heterocycles. The normalized spacial score (nSPS) is 12.5. The Morgan fingerprint density at radius 3 is 2.68 bits per heavy atom. The maximum absolute atomic E-state index is 12.2. The molecule has 1 atom stereocenters. The smallest absolute Gasteiger partial charge is 0.258 e. The molecule has 1 aromatic heterocycles. The Labute approximate surface area is 118 Å². The van der Waals surface area contributed by atoms with E-state index >= 15 is 0 Å². The summed E-state index contributed by atoms with van der Waals surface area (Å²) in [5, 5.41) is 3.61. The number of carbonyl (C=O) groups is 1. The minimum atomic E-state index is -0.187. The molecule has 0 aliphatic carbocycles. The van der Waals surface area contributed by atoms with E-state index in [1.807, 2.05) is 32.7 Å². The first kappa shape index (κ1) is 15.7. The van der Waals surface area contributed by atoms with E-state index in [9.17, 15) is 4.79 Å². The molecule has 108 valence electrons. The summed E-state index contributed by atoms with van der Waals surface area (Å²) in [7, 11) is 3.56. The average Bonchev–Trinajstić information content (AvgIpc) is 2.69. The molecule has 0 bridgehead atoms. The maximum Gasteiger partial charge on any atom is 0.258 e. The molecule has 3 N–H and O–H groups in total. The van der Waals surface area contributed by atoms with E-state index in [0.29, 0.717) is 12.2 Å². The molecule has 0 saturated heterocycles. The lowest BCUT2D eigenvalue weighted by molar-refractivity contribution is 0.0944. The molecule has 7 heteroatoms. The predicted octanol–water partition coefficient (Wildman–Crippen LogP) is 1.33. The number of ether oxygens (including phenoxy) is 1. The van der Waals surface area contributed by atoms with Gasteiger partial charge in [-0.3, -0.25) is 4.79 Å². The van der Waals surface area contributed by atoms with Gasteiger partial charge >= 0.3 is 0 Å². The minimum absolute atomic E-state index is 0.0568. The Hall–Kier alpha value is -1.34. The summed E-state index contributed by atoms with van der Waals surface area (Å²) >= 11 is 1.23. The van der Waals surface area contributed by atoms with Crippen molar-refractivity contribution in [2.45, 2.75) is 32.9 Å². The fourth-order valence-corrected chi connectivity index (χ4v) is 2.51. The van der Waals surface area contributed by atoms with Gasteiger partial charge in [-0.1, -0.05) is 0 Å². The van der Waals surface area contributed by atoms with Crippen LogP contribution in [0.1, 0.15) is 31.1 Å². The van der Waals surface area contributed by atoms with Crippen molar-refractivity contribution < 1.29 is 9.53 Å². The van der Waals surface area contributed by atoms with Crippen molar-refractivity contribution in [3.05, 3.63) is 5.56 Å². The third-order valence-electron chi connectivity index (χ3n) is 2.74. The molecule has 1 amide bonds. The fraction of sp³-hybridized carbons (Fsp3) is 0.667. The Morgan fingerprint density at radius 2 is 2.16 bits per heavy atom. The monoisotopic (exact) mass is 286 g/mol. The van der Waals surface area contributed by atoms with Crippen molar-refractivity contribution in [3.8, 4) is 0 Å². The van der Waals surface area contributed by atoms with Crippen LogP contribution in [0.5, 0.6) is 0 Å². The Balaban J connectivity index is 3.00. The van der Waals surface area contributed by atoms with Crippen LogP contribution in [-0.2, 0) is 4.74 Å². The van der Waals surface area contributed by atoms with E-state index in [1.54, 1.807) is 7.11 Å². The fourth-order valence-electron chi connectivity index (χ4n) is 1.63. The van der Waals surface area contributed by atoms with Crippen molar-refractivity contribution in [1.29, 1.82) is 0 Å². The van der Waals surface area contributed by atoms with Gasteiger partial charge in [-0.25, -0.2) is 0 Å². The van der Waals surface area contributed by atoms with Crippen LogP contribution >= 0.6 is 11.5 Å². The van der Waals surface area contributed by atoms with E-state index in [-0.39, 0.29) is 23.8 Å². The molecule has 0 saturated carbocycles. The topological polar surface area (TPSA) is 80.5 Å². The van der Waals surface area contributed by atoms with Crippen LogP contribution in [0.4, 0.5) is 10.8 Å². The lowest BCUT2D eigenvalue weighted by Crippen LogP contribution is -2.35. The summed E-state index contributed by atoms with van der Waals surface area (Å²) < 4.78 is 9.21. The number of amides is 1. The summed E-state index contributed by atoms with van der Waals surface area (Å²) in [6.45, 7) is 6.40. The van der Waals surface area contributed by atoms with Gasteiger partial charge in [0.1, 0.15) is 10.6 Å². The van der Waals surface area contributed by atoms with Gasteiger partial charge in [0.2, 0.25) is 0 Å². The molecule has 1 rings (SSSR count). The van der Waals surface area contributed by atoms with Gasteiger partial charge in [-0.15, -0.1) is 0 Å². The third kappa shape index (κ3) is 3.81. The zero-order chi connectivity index (χ0) is 14.6. The van der Waals surface area contributed by atoms with E-state index in [1.165, 1.54) is 11.5 Å². The number of hydrogen-bond acceptors (Lipinski definition) is 6. The zero-order valence-corrected chi connectivity index (χ0v) is 12.9. The Morgan fingerprint density at radius 1 is 1.53 bits per heavy atom. The number of methoxy groups -OCH3 is 1. The van der Waals surface area contributed by atoms with Crippen molar-refractivity contribution in [2.24, 2.45) is 0 Å². The number of aromatic nitrogens is 1. The van der Waals surface area contributed by atoms with Crippen molar-refractivity contribution in [3.63, 3.8) is 0 Å². The highest BCUT2D eigenvalue weighted by Gasteiger charge is 2.24. The first-order valence-corrected chi connectivity index (χ1v) is 6.93. The molecule has 1 heterocycles. The first-order valence-electron chi connectivity index (χ1n) is 6.16. The molecule has 19 heavy (non-hydrogen) atoms. The number of hydrogen-bond donors (Lipinski definition) is 2. The Kier molecular flexibility index (Phi) is 5.56. The van der Waals surface area contributed by atoms with Crippen LogP contribution in [0.15, 0.2) is 0 Å². The van der Waals surface area contributed by atoms with Crippen LogP contribution in [0.25, 0.3) is 0 Å². The quantitative estimate of drug-likeness (QED) is 0.824. The molecular formula is C12H22N4O2S. The highest BCUT2D eigenvalue weighted by atomic mass is 32.1. The summed E-state index contributed by atoms with van der Waals surface area (Å²) in [5.74, 6) is 0.0855. The van der Waals surface area contributed by atoms with Crippen LogP contribution < -0.4 is 16.0 Å². The second-order valence-corrected chi connectivity index (χ2v) is 5.54. The largest absolute Gasteiger partial charge is 0.383 e. The number of likely N-dealkylation sites (N-methyl/N-ethyl adjacent to an activating group) is 1. The van der Waals surface area contributed by atoms with Gasteiger partial charge < -0.3 is 20.7 Å². The molecular weight excluding hydrogens is 264 g/mol. The van der Waals surface area contributed by atoms with Gasteiger partial charge in [0.25, 0.3) is 5.91 Å². The minimum Gasteiger partial charge on any atom is -0.383 e. The van der Waals surface area contributed by atoms with E-state index in [4.69, 9.17) is 10.5 Å². The zero-order valence-electron chi connectivity index (χ0n) is 12.1. The van der Waals surface area contributed by atoms with Gasteiger partial charge in [-0.05, 0) is 32.3 Å². The molecule has 6 nitrogen and oxygen atoms in total. The molecule has 1 aromatic rings. The number of nitrogens with one attached hydrogen (secondary N) is 1. The highest BCUT2D eigenvalue weighted by molar-refractivity contribution is 7.11. The van der Waals surface area contributed by atoms with Crippen molar-refractivity contribution >= 4 is 28.3 Å². The Bertz CT molecular complexity index is 433. The lowest BCUT2D eigenvalue weighted by Gasteiger charge is -2.25. The van der Waals surface area contributed by atoms with Gasteiger partial charge in [-0.2, -0.15) is 4.37 Å². The summed E-state index contributed by atoms with van der Waals surface area (Å²) in [6.07, 6.45) is 0. The lowest BCUT2D eigenvalue weighted by atomic mass is 10.2. The highest BCUT2D eigenvalue weighted by Crippen LogP contribution is 2.31. The first-order chi connectivity index (χ1) is 8.88. The summed E-state index contributed by atoms with van der Waals surface area (Å²) in [4.78, 5) is 14.1. The molecule has 0 spiro atoms. The van der Waals surface area contributed by atoms with Crippen LogP contribution in [0.2, 0.25) is 0 Å². The number of nitrogens with zero attached hydrogens (tertiary/aromatic N) is 2. The SMILES string of the molecule is COCC(C)N(C)c1snc(N)c1C(=O)NC(C)C. The second-order valence-electron chi connectivity index (χ2n) is 4.79.